The van der Waals surface area contributed by atoms with Gasteiger partial charge in [0.05, 0.1) is 0 Å². The summed E-state index contributed by atoms with van der Waals surface area (Å²) in [5, 5.41) is 5.23. The van der Waals surface area contributed by atoms with Crippen LogP contribution in [0.2, 0.25) is 0 Å². The molecule has 0 radical (unpaired) electrons. The van der Waals surface area contributed by atoms with E-state index in [2.05, 4.69) is 10.6 Å². The summed E-state index contributed by atoms with van der Waals surface area (Å²) in [5.74, 6) is 0.378. The molecule has 0 saturated heterocycles. The fourth-order valence-electron chi connectivity index (χ4n) is 2.47. The van der Waals surface area contributed by atoms with Gasteiger partial charge < -0.3 is 22.1 Å². The SMILES string of the molecule is CC(C(=O)NCCNC(N)=O)C1CCCC(N)C1. The minimum absolute atomic E-state index is 0.0232. The van der Waals surface area contributed by atoms with Crippen LogP contribution < -0.4 is 22.1 Å². The summed E-state index contributed by atoms with van der Waals surface area (Å²) >= 11 is 0. The van der Waals surface area contributed by atoms with Gasteiger partial charge in [0.25, 0.3) is 0 Å². The first-order valence-electron chi connectivity index (χ1n) is 6.57. The summed E-state index contributed by atoms with van der Waals surface area (Å²) in [6.07, 6.45) is 4.16. The van der Waals surface area contributed by atoms with Crippen LogP contribution in [-0.4, -0.2) is 31.1 Å². The highest BCUT2D eigenvalue weighted by Crippen LogP contribution is 2.29. The van der Waals surface area contributed by atoms with Gasteiger partial charge in [0.2, 0.25) is 5.91 Å². The van der Waals surface area contributed by atoms with Crippen molar-refractivity contribution in [1.29, 1.82) is 0 Å². The van der Waals surface area contributed by atoms with E-state index in [0.29, 0.717) is 19.0 Å². The van der Waals surface area contributed by atoms with Gasteiger partial charge in [0.15, 0.2) is 0 Å². The number of urea groups is 1. The number of nitrogens with one attached hydrogen (secondary N) is 2. The number of hydrogen-bond acceptors (Lipinski definition) is 3. The molecule has 0 aliphatic heterocycles. The van der Waals surface area contributed by atoms with Crippen molar-refractivity contribution in [2.45, 2.75) is 38.6 Å². The Balaban J connectivity index is 2.25. The van der Waals surface area contributed by atoms with Crippen molar-refractivity contribution >= 4 is 11.9 Å². The second kappa shape index (κ2) is 7.20. The molecule has 0 spiro atoms. The van der Waals surface area contributed by atoms with E-state index in [0.717, 1.165) is 25.7 Å². The summed E-state index contributed by atoms with van der Waals surface area (Å²) in [5.41, 5.74) is 10.8. The van der Waals surface area contributed by atoms with Crippen molar-refractivity contribution < 1.29 is 9.59 Å². The molecule has 18 heavy (non-hydrogen) atoms. The predicted molar refractivity (Wildman–Crippen MR) is 69.7 cm³/mol. The van der Waals surface area contributed by atoms with Crippen molar-refractivity contribution in [3.63, 3.8) is 0 Å². The Morgan fingerprint density at radius 2 is 1.94 bits per heavy atom. The second-order valence-corrected chi connectivity index (χ2v) is 5.06. The lowest BCUT2D eigenvalue weighted by molar-refractivity contribution is -0.126. The number of amides is 3. The monoisotopic (exact) mass is 256 g/mol. The van der Waals surface area contributed by atoms with Crippen LogP contribution in [0.25, 0.3) is 0 Å². The summed E-state index contributed by atoms with van der Waals surface area (Å²) in [7, 11) is 0. The van der Waals surface area contributed by atoms with Gasteiger partial charge in [-0.15, -0.1) is 0 Å². The molecule has 0 aromatic heterocycles. The van der Waals surface area contributed by atoms with Crippen molar-refractivity contribution in [3.05, 3.63) is 0 Å². The van der Waals surface area contributed by atoms with Crippen LogP contribution in [-0.2, 0) is 4.79 Å². The number of hydrogen-bond donors (Lipinski definition) is 4. The van der Waals surface area contributed by atoms with Crippen LogP contribution in [0.1, 0.15) is 32.6 Å². The minimum atomic E-state index is -0.574. The first-order valence-corrected chi connectivity index (χ1v) is 6.57. The third-order valence-corrected chi connectivity index (χ3v) is 3.60. The summed E-state index contributed by atoms with van der Waals surface area (Å²) in [6, 6.07) is -0.342. The van der Waals surface area contributed by atoms with E-state index in [-0.39, 0.29) is 17.9 Å². The van der Waals surface area contributed by atoms with Crippen LogP contribution in [0, 0.1) is 11.8 Å². The van der Waals surface area contributed by atoms with Crippen LogP contribution in [0.15, 0.2) is 0 Å². The molecule has 6 N–H and O–H groups in total. The van der Waals surface area contributed by atoms with Crippen molar-refractivity contribution in [2.24, 2.45) is 23.3 Å². The van der Waals surface area contributed by atoms with Gasteiger partial charge in [-0.2, -0.15) is 0 Å². The van der Waals surface area contributed by atoms with Crippen LogP contribution in [0.5, 0.6) is 0 Å². The molecule has 1 rings (SSSR count). The molecule has 1 aliphatic carbocycles. The van der Waals surface area contributed by atoms with E-state index in [9.17, 15) is 9.59 Å². The quantitative estimate of drug-likeness (QED) is 0.516. The predicted octanol–water partition coefficient (Wildman–Crippen LogP) is -0.0755. The molecular weight excluding hydrogens is 232 g/mol. The molecule has 6 heteroatoms. The topological polar surface area (TPSA) is 110 Å². The largest absolute Gasteiger partial charge is 0.354 e. The average Bonchev–Trinajstić information content (AvgIpc) is 2.33. The lowest BCUT2D eigenvalue weighted by atomic mass is 9.78. The smallest absolute Gasteiger partial charge is 0.312 e. The number of carbonyl (C=O) groups is 2. The molecule has 3 atom stereocenters. The average molecular weight is 256 g/mol. The molecule has 1 aliphatic rings. The maximum absolute atomic E-state index is 11.9. The molecular formula is C12H24N4O2. The van der Waals surface area contributed by atoms with Crippen LogP contribution in [0.4, 0.5) is 4.79 Å². The second-order valence-electron chi connectivity index (χ2n) is 5.06. The number of nitrogens with two attached hydrogens (primary N) is 2. The zero-order valence-corrected chi connectivity index (χ0v) is 10.9. The number of primary amides is 1. The lowest BCUT2D eigenvalue weighted by Gasteiger charge is -2.30. The normalized spacial score (nSPS) is 25.2. The molecule has 104 valence electrons. The van der Waals surface area contributed by atoms with Gasteiger partial charge in [0, 0.05) is 25.0 Å². The highest BCUT2D eigenvalue weighted by atomic mass is 16.2. The Morgan fingerprint density at radius 1 is 1.28 bits per heavy atom. The Hall–Kier alpha value is -1.30. The maximum Gasteiger partial charge on any atom is 0.312 e. The zero-order chi connectivity index (χ0) is 13.5. The Morgan fingerprint density at radius 3 is 2.56 bits per heavy atom. The Labute approximate surface area is 108 Å². The molecule has 0 aromatic carbocycles. The van der Waals surface area contributed by atoms with E-state index in [4.69, 9.17) is 11.5 Å². The Kier molecular flexibility index (Phi) is 5.91. The molecule has 0 heterocycles. The van der Waals surface area contributed by atoms with Crippen molar-refractivity contribution in [2.75, 3.05) is 13.1 Å². The van der Waals surface area contributed by atoms with E-state index in [1.54, 1.807) is 0 Å². The number of carbonyl (C=O) groups excluding carboxylic acids is 2. The Bertz CT molecular complexity index is 296. The first-order chi connectivity index (χ1) is 8.50. The molecule has 1 saturated carbocycles. The number of rotatable bonds is 5. The maximum atomic E-state index is 11.9. The molecule has 3 unspecified atom stereocenters. The van der Waals surface area contributed by atoms with E-state index in [1.807, 2.05) is 6.92 Å². The van der Waals surface area contributed by atoms with Gasteiger partial charge >= 0.3 is 6.03 Å². The summed E-state index contributed by atoms with van der Waals surface area (Å²) < 4.78 is 0. The molecule has 6 nitrogen and oxygen atoms in total. The van der Waals surface area contributed by atoms with Gasteiger partial charge in [-0.1, -0.05) is 13.3 Å². The molecule has 0 bridgehead atoms. The third-order valence-electron chi connectivity index (χ3n) is 3.60. The molecule has 0 aromatic rings. The fraction of sp³-hybridized carbons (Fsp3) is 0.833. The molecule has 1 fully saturated rings. The van der Waals surface area contributed by atoms with Gasteiger partial charge in [-0.3, -0.25) is 4.79 Å². The van der Waals surface area contributed by atoms with Gasteiger partial charge in [0.1, 0.15) is 0 Å². The van der Waals surface area contributed by atoms with Crippen molar-refractivity contribution in [3.8, 4) is 0 Å². The fourth-order valence-corrected chi connectivity index (χ4v) is 2.47. The van der Waals surface area contributed by atoms with E-state index >= 15 is 0 Å². The van der Waals surface area contributed by atoms with Crippen molar-refractivity contribution in [1.82, 2.24) is 10.6 Å². The summed E-state index contributed by atoms with van der Waals surface area (Å²) in [6.45, 7) is 2.71. The lowest BCUT2D eigenvalue weighted by Crippen LogP contribution is -2.41. The van der Waals surface area contributed by atoms with Crippen LogP contribution in [0.3, 0.4) is 0 Å². The van der Waals surface area contributed by atoms with E-state index < -0.39 is 6.03 Å². The van der Waals surface area contributed by atoms with Gasteiger partial charge in [-0.05, 0) is 25.2 Å². The first kappa shape index (κ1) is 14.8. The zero-order valence-electron chi connectivity index (χ0n) is 10.9. The standard InChI is InChI=1S/C12H24N4O2/c1-8(9-3-2-4-10(13)7-9)11(17)15-5-6-16-12(14)18/h8-10H,2-7,13H2,1H3,(H,15,17)(H3,14,16,18). The highest BCUT2D eigenvalue weighted by Gasteiger charge is 2.28. The molecule has 3 amide bonds. The van der Waals surface area contributed by atoms with Crippen LogP contribution >= 0.6 is 0 Å². The summed E-state index contributed by atoms with van der Waals surface area (Å²) in [4.78, 5) is 22.3. The van der Waals surface area contributed by atoms with E-state index in [1.165, 1.54) is 0 Å². The highest BCUT2D eigenvalue weighted by molar-refractivity contribution is 5.78. The third kappa shape index (κ3) is 4.91. The minimum Gasteiger partial charge on any atom is -0.354 e. The van der Waals surface area contributed by atoms with Gasteiger partial charge in [-0.25, -0.2) is 4.79 Å².